The zero-order valence-corrected chi connectivity index (χ0v) is 12.7. The summed E-state index contributed by atoms with van der Waals surface area (Å²) in [6.45, 7) is 2.29. The molecule has 1 aliphatic rings. The Labute approximate surface area is 132 Å². The number of amides is 1. The molecule has 1 amide bonds. The number of hydrogen-bond acceptors (Lipinski definition) is 5. The number of nitrogens with zero attached hydrogens (tertiary/aromatic N) is 4. The van der Waals surface area contributed by atoms with E-state index in [9.17, 15) is 14.4 Å². The van der Waals surface area contributed by atoms with Crippen LogP contribution in [0.25, 0.3) is 0 Å². The van der Waals surface area contributed by atoms with Crippen molar-refractivity contribution in [2.24, 2.45) is 7.05 Å². The fraction of sp³-hybridized carbons (Fsp3) is 0.333. The van der Waals surface area contributed by atoms with Crippen molar-refractivity contribution >= 4 is 11.7 Å². The number of pyridine rings is 1. The van der Waals surface area contributed by atoms with E-state index in [1.807, 2.05) is 18.2 Å². The minimum atomic E-state index is -0.578. The molecule has 120 valence electrons. The highest BCUT2D eigenvalue weighted by Gasteiger charge is 2.25. The third-order valence-corrected chi connectivity index (χ3v) is 3.95. The molecule has 0 aliphatic carbocycles. The van der Waals surface area contributed by atoms with Crippen LogP contribution < -0.4 is 16.1 Å². The molecule has 2 aromatic heterocycles. The lowest BCUT2D eigenvalue weighted by Crippen LogP contribution is -2.50. The summed E-state index contributed by atoms with van der Waals surface area (Å²) in [5, 5.41) is 0. The summed E-state index contributed by atoms with van der Waals surface area (Å²) in [7, 11) is 1.34. The lowest BCUT2D eigenvalue weighted by molar-refractivity contribution is 0.0743. The maximum absolute atomic E-state index is 12.5. The Morgan fingerprint density at radius 3 is 2.57 bits per heavy atom. The summed E-state index contributed by atoms with van der Waals surface area (Å²) < 4.78 is 0.900. The van der Waals surface area contributed by atoms with E-state index in [1.54, 1.807) is 11.1 Å². The second kappa shape index (κ2) is 6.07. The molecule has 1 aliphatic heterocycles. The first-order valence-corrected chi connectivity index (χ1v) is 7.32. The van der Waals surface area contributed by atoms with Crippen LogP contribution in [0.1, 0.15) is 10.4 Å². The standard InChI is InChI=1S/C15H17N5O3/c1-18-13(21)11(10-17-15(18)23)14(22)20-8-6-19(7-9-20)12-4-2-3-5-16-12/h2-5,10H,6-9H2,1H3,(H,17,23). The van der Waals surface area contributed by atoms with Crippen molar-refractivity contribution < 1.29 is 4.79 Å². The van der Waals surface area contributed by atoms with E-state index in [0.29, 0.717) is 26.2 Å². The number of rotatable bonds is 2. The molecule has 0 saturated carbocycles. The van der Waals surface area contributed by atoms with Gasteiger partial charge in [-0.25, -0.2) is 9.78 Å². The normalized spacial score (nSPS) is 14.8. The molecule has 0 atom stereocenters. The fourth-order valence-corrected chi connectivity index (χ4v) is 2.57. The van der Waals surface area contributed by atoms with Gasteiger partial charge in [0, 0.05) is 45.6 Å². The van der Waals surface area contributed by atoms with Gasteiger partial charge in [0.05, 0.1) is 0 Å². The van der Waals surface area contributed by atoms with Gasteiger partial charge in [0.1, 0.15) is 11.4 Å². The highest BCUT2D eigenvalue weighted by molar-refractivity contribution is 5.93. The molecule has 3 heterocycles. The summed E-state index contributed by atoms with van der Waals surface area (Å²) in [6, 6.07) is 5.70. The lowest BCUT2D eigenvalue weighted by Gasteiger charge is -2.35. The molecule has 2 aromatic rings. The van der Waals surface area contributed by atoms with Gasteiger partial charge in [-0.15, -0.1) is 0 Å². The Kier molecular flexibility index (Phi) is 3.96. The van der Waals surface area contributed by atoms with Crippen molar-refractivity contribution in [1.29, 1.82) is 0 Å². The number of hydrogen-bond donors (Lipinski definition) is 1. The topological polar surface area (TPSA) is 91.3 Å². The van der Waals surface area contributed by atoms with Crippen LogP contribution >= 0.6 is 0 Å². The first kappa shape index (κ1) is 15.0. The molecule has 0 aromatic carbocycles. The number of H-pyrrole nitrogens is 1. The van der Waals surface area contributed by atoms with Crippen molar-refractivity contribution in [2.75, 3.05) is 31.1 Å². The molecule has 8 nitrogen and oxygen atoms in total. The highest BCUT2D eigenvalue weighted by atomic mass is 16.2. The van der Waals surface area contributed by atoms with Crippen LogP contribution in [0, 0.1) is 0 Å². The Morgan fingerprint density at radius 2 is 1.91 bits per heavy atom. The van der Waals surface area contributed by atoms with E-state index in [0.717, 1.165) is 10.4 Å². The number of nitrogens with one attached hydrogen (secondary N) is 1. The third-order valence-electron chi connectivity index (χ3n) is 3.95. The second-order valence-electron chi connectivity index (χ2n) is 5.34. The molecule has 1 saturated heterocycles. The summed E-state index contributed by atoms with van der Waals surface area (Å²) in [5.41, 5.74) is -1.13. The van der Waals surface area contributed by atoms with E-state index < -0.39 is 11.2 Å². The molecule has 0 bridgehead atoms. The molecule has 23 heavy (non-hydrogen) atoms. The summed E-state index contributed by atoms with van der Waals surface area (Å²) in [4.78, 5) is 46.3. The summed E-state index contributed by atoms with van der Waals surface area (Å²) in [5.74, 6) is 0.516. The van der Waals surface area contributed by atoms with Crippen LogP contribution in [0.5, 0.6) is 0 Å². The maximum Gasteiger partial charge on any atom is 0.328 e. The molecule has 1 N–H and O–H groups in total. The molecular weight excluding hydrogens is 298 g/mol. The van der Waals surface area contributed by atoms with Gasteiger partial charge in [0.15, 0.2) is 0 Å². The van der Waals surface area contributed by atoms with Crippen molar-refractivity contribution in [3.05, 3.63) is 57.0 Å². The monoisotopic (exact) mass is 315 g/mol. The minimum Gasteiger partial charge on any atom is -0.353 e. The number of aromatic nitrogens is 3. The van der Waals surface area contributed by atoms with Crippen molar-refractivity contribution in [3.8, 4) is 0 Å². The number of aromatic amines is 1. The van der Waals surface area contributed by atoms with Gasteiger partial charge in [-0.05, 0) is 12.1 Å². The number of piperazine rings is 1. The van der Waals surface area contributed by atoms with Crippen LogP contribution in [0.2, 0.25) is 0 Å². The van der Waals surface area contributed by atoms with Crippen LogP contribution in [0.4, 0.5) is 5.82 Å². The number of anilines is 1. The highest BCUT2D eigenvalue weighted by Crippen LogP contribution is 2.13. The zero-order chi connectivity index (χ0) is 16.4. The largest absolute Gasteiger partial charge is 0.353 e. The van der Waals surface area contributed by atoms with Crippen LogP contribution in [-0.4, -0.2) is 51.5 Å². The van der Waals surface area contributed by atoms with Gasteiger partial charge >= 0.3 is 5.69 Å². The predicted octanol–water partition coefficient (Wildman–Crippen LogP) is -0.569. The van der Waals surface area contributed by atoms with Gasteiger partial charge < -0.3 is 14.8 Å². The minimum absolute atomic E-state index is 0.0154. The smallest absolute Gasteiger partial charge is 0.328 e. The van der Waals surface area contributed by atoms with Crippen LogP contribution in [0.15, 0.2) is 40.2 Å². The van der Waals surface area contributed by atoms with E-state index >= 15 is 0 Å². The third kappa shape index (κ3) is 2.87. The Bertz CT molecular complexity index is 819. The summed E-state index contributed by atoms with van der Waals surface area (Å²) in [6.07, 6.45) is 2.93. The SMILES string of the molecule is Cn1c(=O)[nH]cc(C(=O)N2CCN(c3ccccn3)CC2)c1=O. The summed E-state index contributed by atoms with van der Waals surface area (Å²) >= 11 is 0. The van der Waals surface area contributed by atoms with Crippen molar-refractivity contribution in [3.63, 3.8) is 0 Å². The Hall–Kier alpha value is -2.90. The quantitative estimate of drug-likeness (QED) is 0.801. The van der Waals surface area contributed by atoms with Gasteiger partial charge in [0.25, 0.3) is 11.5 Å². The van der Waals surface area contributed by atoms with Gasteiger partial charge in [-0.1, -0.05) is 6.07 Å². The predicted molar refractivity (Wildman–Crippen MR) is 84.7 cm³/mol. The molecule has 1 fully saturated rings. The van der Waals surface area contributed by atoms with Gasteiger partial charge in [-0.2, -0.15) is 0 Å². The van der Waals surface area contributed by atoms with E-state index in [-0.39, 0.29) is 11.5 Å². The number of carbonyl (C=O) groups excluding carboxylic acids is 1. The van der Waals surface area contributed by atoms with Crippen LogP contribution in [-0.2, 0) is 7.05 Å². The van der Waals surface area contributed by atoms with E-state index in [2.05, 4.69) is 14.9 Å². The van der Waals surface area contributed by atoms with Crippen molar-refractivity contribution in [1.82, 2.24) is 19.4 Å². The Morgan fingerprint density at radius 1 is 1.17 bits per heavy atom. The second-order valence-corrected chi connectivity index (χ2v) is 5.34. The van der Waals surface area contributed by atoms with Crippen LogP contribution in [0.3, 0.4) is 0 Å². The molecule has 0 spiro atoms. The van der Waals surface area contributed by atoms with Gasteiger partial charge in [-0.3, -0.25) is 14.2 Å². The number of carbonyl (C=O) groups is 1. The average molecular weight is 315 g/mol. The van der Waals surface area contributed by atoms with Gasteiger partial charge in [0.2, 0.25) is 0 Å². The lowest BCUT2D eigenvalue weighted by atomic mass is 10.2. The average Bonchev–Trinajstić information content (AvgIpc) is 2.60. The first-order chi connectivity index (χ1) is 11.1. The molecule has 3 rings (SSSR count). The van der Waals surface area contributed by atoms with E-state index in [4.69, 9.17) is 0 Å². The Balaban J connectivity index is 1.73. The zero-order valence-electron chi connectivity index (χ0n) is 12.7. The maximum atomic E-state index is 12.5. The van der Waals surface area contributed by atoms with E-state index in [1.165, 1.54) is 13.2 Å². The molecule has 0 radical (unpaired) electrons. The molecular formula is C15H17N5O3. The first-order valence-electron chi connectivity index (χ1n) is 7.32. The molecule has 0 unspecified atom stereocenters. The van der Waals surface area contributed by atoms with Crippen molar-refractivity contribution in [2.45, 2.75) is 0 Å². The molecule has 8 heteroatoms. The fourth-order valence-electron chi connectivity index (χ4n) is 2.57.